The molecule has 1 aromatic heterocycles. The average Bonchev–Trinajstić information content (AvgIpc) is 3.32. The third-order valence-corrected chi connectivity index (χ3v) is 4.50. The van der Waals surface area contributed by atoms with Gasteiger partial charge in [0, 0.05) is 25.8 Å². The third-order valence-electron chi connectivity index (χ3n) is 4.16. The van der Waals surface area contributed by atoms with Crippen LogP contribution in [0.25, 0.3) is 0 Å². The van der Waals surface area contributed by atoms with Crippen LogP contribution in [0.5, 0.6) is 0 Å². The first-order valence-electron chi connectivity index (χ1n) is 7.86. The van der Waals surface area contributed by atoms with Crippen LogP contribution < -0.4 is 10.2 Å². The summed E-state index contributed by atoms with van der Waals surface area (Å²) in [5, 5.41) is 4.12. The Hall–Kier alpha value is -0.800. The monoisotopic (exact) mass is 293 g/mol. The molecule has 2 saturated carbocycles. The van der Waals surface area contributed by atoms with Crippen LogP contribution in [0.2, 0.25) is 5.02 Å². The minimum absolute atomic E-state index is 0.771. The molecule has 0 radical (unpaired) electrons. The van der Waals surface area contributed by atoms with E-state index in [9.17, 15) is 0 Å². The van der Waals surface area contributed by atoms with Gasteiger partial charge in [-0.25, -0.2) is 4.98 Å². The summed E-state index contributed by atoms with van der Waals surface area (Å²) in [6.45, 7) is 6.24. The number of halogens is 1. The van der Waals surface area contributed by atoms with E-state index in [0.717, 1.165) is 41.3 Å². The van der Waals surface area contributed by atoms with Gasteiger partial charge in [-0.3, -0.25) is 0 Å². The van der Waals surface area contributed by atoms with Crippen LogP contribution in [-0.4, -0.2) is 24.6 Å². The van der Waals surface area contributed by atoms with Crippen LogP contribution in [-0.2, 0) is 6.54 Å². The van der Waals surface area contributed by atoms with Gasteiger partial charge in [-0.05, 0) is 55.7 Å². The first kappa shape index (κ1) is 14.2. The van der Waals surface area contributed by atoms with E-state index in [-0.39, 0.29) is 0 Å². The predicted octanol–water partition coefficient (Wildman–Crippen LogP) is 3.47. The quantitative estimate of drug-likeness (QED) is 0.795. The maximum Gasteiger partial charge on any atom is 0.128 e. The molecule has 110 valence electrons. The molecule has 0 bridgehead atoms. The molecule has 1 aromatic rings. The summed E-state index contributed by atoms with van der Waals surface area (Å²) in [5.41, 5.74) is 1.16. The Morgan fingerprint density at radius 1 is 1.25 bits per heavy atom. The van der Waals surface area contributed by atoms with Crippen LogP contribution in [0.15, 0.2) is 12.3 Å². The van der Waals surface area contributed by atoms with Gasteiger partial charge in [-0.15, -0.1) is 0 Å². The fourth-order valence-corrected chi connectivity index (χ4v) is 2.69. The molecule has 0 atom stereocenters. The van der Waals surface area contributed by atoms with Crippen molar-refractivity contribution in [1.82, 2.24) is 10.3 Å². The van der Waals surface area contributed by atoms with Crippen molar-refractivity contribution < 1.29 is 0 Å². The van der Waals surface area contributed by atoms with E-state index in [1.165, 1.54) is 38.8 Å². The van der Waals surface area contributed by atoms with Crippen LogP contribution in [0, 0.1) is 11.8 Å². The highest BCUT2D eigenvalue weighted by Gasteiger charge is 2.30. The Kier molecular flexibility index (Phi) is 4.47. The molecule has 0 saturated heterocycles. The van der Waals surface area contributed by atoms with Gasteiger partial charge in [-0.2, -0.15) is 0 Å². The molecular formula is C16H24ClN3. The molecule has 4 heteroatoms. The third kappa shape index (κ3) is 3.86. The lowest BCUT2D eigenvalue weighted by atomic mass is 10.2. The molecule has 0 unspecified atom stereocenters. The van der Waals surface area contributed by atoms with Crippen molar-refractivity contribution in [3.8, 4) is 0 Å². The maximum absolute atomic E-state index is 6.25. The summed E-state index contributed by atoms with van der Waals surface area (Å²) in [6, 6.07) is 2.18. The van der Waals surface area contributed by atoms with Gasteiger partial charge in [0.05, 0.1) is 5.02 Å². The molecule has 0 spiro atoms. The predicted molar refractivity (Wildman–Crippen MR) is 84.3 cm³/mol. The molecule has 20 heavy (non-hydrogen) atoms. The Morgan fingerprint density at radius 3 is 2.45 bits per heavy atom. The summed E-state index contributed by atoms with van der Waals surface area (Å²) < 4.78 is 0. The first-order valence-corrected chi connectivity index (χ1v) is 8.24. The average molecular weight is 294 g/mol. The zero-order valence-electron chi connectivity index (χ0n) is 12.2. The number of hydrogen-bond donors (Lipinski definition) is 1. The zero-order chi connectivity index (χ0) is 13.9. The number of nitrogens with zero attached hydrogens (tertiary/aromatic N) is 2. The van der Waals surface area contributed by atoms with E-state index in [0.29, 0.717) is 0 Å². The van der Waals surface area contributed by atoms with Crippen LogP contribution in [0.4, 0.5) is 5.82 Å². The van der Waals surface area contributed by atoms with Crippen molar-refractivity contribution in [2.75, 3.05) is 24.5 Å². The van der Waals surface area contributed by atoms with Crippen molar-refractivity contribution in [3.63, 3.8) is 0 Å². The van der Waals surface area contributed by atoms with Gasteiger partial charge in [0.1, 0.15) is 5.82 Å². The fourth-order valence-electron chi connectivity index (χ4n) is 2.52. The highest BCUT2D eigenvalue weighted by molar-refractivity contribution is 6.31. The van der Waals surface area contributed by atoms with Gasteiger partial charge in [0.2, 0.25) is 0 Å². The van der Waals surface area contributed by atoms with E-state index >= 15 is 0 Å². The topological polar surface area (TPSA) is 28.2 Å². The van der Waals surface area contributed by atoms with Gasteiger partial charge in [-0.1, -0.05) is 18.5 Å². The van der Waals surface area contributed by atoms with Crippen LogP contribution >= 0.6 is 11.6 Å². The Bertz CT molecular complexity index is 441. The molecule has 1 heterocycles. The second kappa shape index (κ2) is 6.31. The van der Waals surface area contributed by atoms with Crippen molar-refractivity contribution >= 4 is 17.4 Å². The highest BCUT2D eigenvalue weighted by atomic mass is 35.5. The Morgan fingerprint density at radius 2 is 1.90 bits per heavy atom. The van der Waals surface area contributed by atoms with Crippen molar-refractivity contribution in [2.24, 2.45) is 11.8 Å². The second-order valence-corrected chi connectivity index (χ2v) is 6.61. The summed E-state index contributed by atoms with van der Waals surface area (Å²) in [4.78, 5) is 7.06. The SMILES string of the molecule is CCNCc1cc(N(CC2CC2)CC2CC2)ncc1Cl. The molecule has 2 aliphatic rings. The molecule has 0 aromatic carbocycles. The minimum Gasteiger partial charge on any atom is -0.356 e. The van der Waals surface area contributed by atoms with Crippen molar-refractivity contribution in [1.29, 1.82) is 0 Å². The fraction of sp³-hybridized carbons (Fsp3) is 0.688. The van der Waals surface area contributed by atoms with Gasteiger partial charge in [0.25, 0.3) is 0 Å². The number of anilines is 1. The second-order valence-electron chi connectivity index (χ2n) is 6.21. The Labute approximate surface area is 126 Å². The standard InChI is InChI=1S/C16H24ClN3/c1-2-18-8-14-7-16(19-9-15(14)17)20(10-12-3-4-12)11-13-5-6-13/h7,9,12-13,18H,2-6,8,10-11H2,1H3. The number of pyridine rings is 1. The van der Waals surface area contributed by atoms with E-state index in [1.807, 2.05) is 6.20 Å². The molecule has 0 aliphatic heterocycles. The van der Waals surface area contributed by atoms with Crippen LogP contribution in [0.1, 0.15) is 38.2 Å². The van der Waals surface area contributed by atoms with Gasteiger partial charge >= 0.3 is 0 Å². The molecular weight excluding hydrogens is 270 g/mol. The summed E-state index contributed by atoms with van der Waals surface area (Å²) in [5.74, 6) is 2.90. The molecule has 3 rings (SSSR count). The maximum atomic E-state index is 6.25. The lowest BCUT2D eigenvalue weighted by Gasteiger charge is -2.24. The van der Waals surface area contributed by atoms with Crippen molar-refractivity contribution in [2.45, 2.75) is 39.2 Å². The number of hydrogen-bond acceptors (Lipinski definition) is 3. The van der Waals surface area contributed by atoms with E-state index < -0.39 is 0 Å². The lowest BCUT2D eigenvalue weighted by Crippen LogP contribution is -2.29. The van der Waals surface area contributed by atoms with E-state index in [2.05, 4.69) is 28.2 Å². The summed E-state index contributed by atoms with van der Waals surface area (Å²) in [6.07, 6.45) is 7.37. The first-order chi connectivity index (χ1) is 9.76. The van der Waals surface area contributed by atoms with Crippen LogP contribution in [0.3, 0.4) is 0 Å². The molecule has 0 amide bonds. The minimum atomic E-state index is 0.771. The lowest BCUT2D eigenvalue weighted by molar-refractivity contribution is 0.669. The number of aromatic nitrogens is 1. The van der Waals surface area contributed by atoms with E-state index in [4.69, 9.17) is 11.6 Å². The molecule has 3 nitrogen and oxygen atoms in total. The molecule has 2 aliphatic carbocycles. The van der Waals surface area contributed by atoms with Gasteiger partial charge in [0.15, 0.2) is 0 Å². The number of rotatable bonds is 8. The smallest absolute Gasteiger partial charge is 0.128 e. The Balaban J connectivity index is 1.73. The van der Waals surface area contributed by atoms with E-state index in [1.54, 1.807) is 0 Å². The summed E-state index contributed by atoms with van der Waals surface area (Å²) in [7, 11) is 0. The normalized spacial score (nSPS) is 18.3. The molecule has 1 N–H and O–H groups in total. The highest BCUT2D eigenvalue weighted by Crippen LogP contribution is 2.35. The summed E-state index contributed by atoms with van der Waals surface area (Å²) >= 11 is 6.25. The largest absolute Gasteiger partial charge is 0.356 e. The zero-order valence-corrected chi connectivity index (χ0v) is 13.0. The number of nitrogens with one attached hydrogen (secondary N) is 1. The molecule has 2 fully saturated rings. The van der Waals surface area contributed by atoms with Crippen molar-refractivity contribution in [3.05, 3.63) is 22.8 Å². The van der Waals surface area contributed by atoms with Gasteiger partial charge < -0.3 is 10.2 Å².